The summed E-state index contributed by atoms with van der Waals surface area (Å²) in [5.74, 6) is -2.10. The Morgan fingerprint density at radius 3 is 2.15 bits per heavy atom. The molecule has 4 saturated heterocycles. The number of piperidine rings is 3. The van der Waals surface area contributed by atoms with Crippen LogP contribution in [0.5, 0.6) is 11.5 Å². The quantitative estimate of drug-likeness (QED) is 0.218. The van der Waals surface area contributed by atoms with Crippen molar-refractivity contribution in [2.24, 2.45) is 0 Å². The molecular formula is C42H42FN11O6. The second kappa shape index (κ2) is 14.9. The minimum atomic E-state index is -0.989. The molecule has 4 fully saturated rings. The summed E-state index contributed by atoms with van der Waals surface area (Å²) in [7, 11) is 0. The SMILES string of the molecule is Nc1ncnc2c1n(-c1ccc(Oc3ccncc3)c(F)c1)c(=O)n2C1CCN(C2CCN(C3CN(c4ccc5c(c4)C(=O)N(C4CCC(=O)NC4=O)C5=O)C3)CC2)CC1. The van der Waals surface area contributed by atoms with Crippen molar-refractivity contribution in [2.75, 3.05) is 49.9 Å². The van der Waals surface area contributed by atoms with Crippen LogP contribution in [0, 0.1) is 5.82 Å². The zero-order valence-electron chi connectivity index (χ0n) is 32.6. The monoisotopic (exact) mass is 815 g/mol. The molecule has 0 bridgehead atoms. The third kappa shape index (κ3) is 6.46. The molecule has 5 aliphatic rings. The predicted molar refractivity (Wildman–Crippen MR) is 215 cm³/mol. The van der Waals surface area contributed by atoms with E-state index in [9.17, 15) is 24.0 Å². The molecule has 0 radical (unpaired) electrons. The van der Waals surface area contributed by atoms with Crippen LogP contribution < -0.4 is 26.4 Å². The number of amides is 4. The fourth-order valence-electron chi connectivity index (χ4n) is 9.56. The van der Waals surface area contributed by atoms with Crippen LogP contribution in [-0.4, -0.2) is 120 Å². The number of imidazole rings is 1. The number of halogens is 1. The summed E-state index contributed by atoms with van der Waals surface area (Å²) in [6, 6.07) is 12.6. The third-order valence-corrected chi connectivity index (χ3v) is 12.8. The van der Waals surface area contributed by atoms with E-state index in [0.717, 1.165) is 75.5 Å². The third-order valence-electron chi connectivity index (χ3n) is 12.8. The number of benzene rings is 2. The van der Waals surface area contributed by atoms with Gasteiger partial charge in [0.1, 0.15) is 23.6 Å². The average Bonchev–Trinajstić information content (AvgIpc) is 3.67. The highest BCUT2D eigenvalue weighted by molar-refractivity contribution is 6.23. The lowest BCUT2D eigenvalue weighted by molar-refractivity contribution is -0.136. The second-order valence-corrected chi connectivity index (χ2v) is 16.1. The van der Waals surface area contributed by atoms with E-state index in [-0.39, 0.29) is 47.3 Å². The Morgan fingerprint density at radius 1 is 0.750 bits per heavy atom. The maximum atomic E-state index is 15.4. The molecule has 3 aromatic heterocycles. The summed E-state index contributed by atoms with van der Waals surface area (Å²) in [6.07, 6.45) is 8.20. The first-order chi connectivity index (χ1) is 29.1. The number of carbonyl (C=O) groups is 4. The van der Waals surface area contributed by atoms with Crippen LogP contribution >= 0.6 is 0 Å². The molecule has 1 unspecified atom stereocenters. The van der Waals surface area contributed by atoms with Crippen LogP contribution in [0.3, 0.4) is 0 Å². The highest BCUT2D eigenvalue weighted by atomic mass is 19.1. The van der Waals surface area contributed by atoms with Gasteiger partial charge in [-0.3, -0.25) is 48.4 Å². The van der Waals surface area contributed by atoms with E-state index in [2.05, 4.69) is 35.0 Å². The molecule has 60 heavy (non-hydrogen) atoms. The molecule has 308 valence electrons. The first-order valence-electron chi connectivity index (χ1n) is 20.3. The molecule has 18 heteroatoms. The van der Waals surface area contributed by atoms with E-state index in [1.807, 2.05) is 6.07 Å². The molecule has 1 atom stereocenters. The minimum absolute atomic E-state index is 0.00924. The molecule has 10 rings (SSSR count). The highest BCUT2D eigenvalue weighted by Crippen LogP contribution is 2.35. The number of hydrogen-bond acceptors (Lipinski definition) is 13. The first-order valence-corrected chi connectivity index (χ1v) is 20.3. The molecule has 5 aliphatic heterocycles. The number of nitrogens with one attached hydrogen (secondary N) is 1. The number of imide groups is 2. The molecule has 2 aromatic carbocycles. The number of nitrogens with two attached hydrogens (primary N) is 1. The van der Waals surface area contributed by atoms with Gasteiger partial charge in [0, 0.05) is 88.0 Å². The average molecular weight is 816 g/mol. The summed E-state index contributed by atoms with van der Waals surface area (Å²) in [5, 5.41) is 2.24. The molecule has 17 nitrogen and oxygen atoms in total. The van der Waals surface area contributed by atoms with Crippen LogP contribution in [0.2, 0.25) is 0 Å². The van der Waals surface area contributed by atoms with Crippen LogP contribution in [0.4, 0.5) is 15.9 Å². The van der Waals surface area contributed by atoms with Gasteiger partial charge >= 0.3 is 5.69 Å². The van der Waals surface area contributed by atoms with Gasteiger partial charge in [-0.05, 0) is 74.6 Å². The van der Waals surface area contributed by atoms with E-state index in [0.29, 0.717) is 34.7 Å². The fraction of sp³-hybridized carbons (Fsp3) is 0.381. The molecule has 0 saturated carbocycles. The van der Waals surface area contributed by atoms with E-state index >= 15 is 4.39 Å². The van der Waals surface area contributed by atoms with Gasteiger partial charge in [0.2, 0.25) is 11.8 Å². The van der Waals surface area contributed by atoms with Gasteiger partial charge in [-0.25, -0.2) is 19.2 Å². The van der Waals surface area contributed by atoms with E-state index in [4.69, 9.17) is 10.5 Å². The van der Waals surface area contributed by atoms with Crippen molar-refractivity contribution >= 4 is 46.3 Å². The van der Waals surface area contributed by atoms with Crippen molar-refractivity contribution < 1.29 is 28.3 Å². The minimum Gasteiger partial charge on any atom is -0.454 e. The maximum Gasteiger partial charge on any atom is 0.335 e. The predicted octanol–water partition coefficient (Wildman–Crippen LogP) is 2.88. The van der Waals surface area contributed by atoms with Crippen molar-refractivity contribution in [2.45, 2.75) is 62.7 Å². The molecule has 4 amide bonds. The Morgan fingerprint density at radius 2 is 1.43 bits per heavy atom. The standard InChI is InChI=1S/C42H42FN11O6/c43-32-20-27(2-5-34(32)60-29-7-13-45-14-8-29)52-36-37(44)46-23-47-38(36)53(42(52)59)25-11-17-49(18-12-25)24-9-15-50(16-10-24)28-21-51(22-28)26-1-3-30-31(19-26)41(58)54(40(30)57)33-4-6-35(55)48-39(33)56/h1-3,5,7-8,13-14,19-20,23-25,28,33H,4,6,9-12,15-18,21-22H2,(H2,44,46,47)(H,48,55,56). The van der Waals surface area contributed by atoms with E-state index in [1.165, 1.54) is 23.0 Å². The number of aromatic nitrogens is 5. The van der Waals surface area contributed by atoms with Crippen LogP contribution in [0.15, 0.2) is 72.0 Å². The van der Waals surface area contributed by atoms with Gasteiger partial charge < -0.3 is 20.3 Å². The summed E-state index contributed by atoms with van der Waals surface area (Å²) < 4.78 is 24.1. The number of pyridine rings is 1. The van der Waals surface area contributed by atoms with E-state index in [1.54, 1.807) is 47.3 Å². The lowest BCUT2D eigenvalue weighted by Crippen LogP contribution is -2.62. The first kappa shape index (κ1) is 37.7. The van der Waals surface area contributed by atoms with Crippen molar-refractivity contribution in [3.63, 3.8) is 0 Å². The normalized spacial score (nSPS) is 21.1. The van der Waals surface area contributed by atoms with Crippen molar-refractivity contribution in [1.29, 1.82) is 0 Å². The van der Waals surface area contributed by atoms with Gasteiger partial charge in [0.25, 0.3) is 11.8 Å². The van der Waals surface area contributed by atoms with Crippen molar-refractivity contribution in [1.82, 2.24) is 44.1 Å². The Bertz CT molecular complexity index is 2610. The number of nitrogen functional groups attached to an aromatic ring is 1. The summed E-state index contributed by atoms with van der Waals surface area (Å²) in [5.41, 5.74) is 8.46. The number of fused-ring (bicyclic) bond motifs is 2. The lowest BCUT2D eigenvalue weighted by Gasteiger charge is -2.50. The second-order valence-electron chi connectivity index (χ2n) is 16.1. The van der Waals surface area contributed by atoms with E-state index < -0.39 is 35.5 Å². The molecular weight excluding hydrogens is 774 g/mol. The lowest BCUT2D eigenvalue weighted by atomic mass is 9.95. The Kier molecular flexibility index (Phi) is 9.39. The van der Waals surface area contributed by atoms with Crippen molar-refractivity contribution in [3.8, 4) is 17.2 Å². The van der Waals surface area contributed by atoms with Gasteiger partial charge in [-0.1, -0.05) is 0 Å². The molecule has 8 heterocycles. The van der Waals surface area contributed by atoms with Gasteiger partial charge in [0.05, 0.1) is 16.8 Å². The number of rotatable bonds is 8. The Hall–Kier alpha value is -6.53. The summed E-state index contributed by atoms with van der Waals surface area (Å²) >= 11 is 0. The number of carbonyl (C=O) groups excluding carboxylic acids is 4. The zero-order valence-corrected chi connectivity index (χ0v) is 32.6. The Labute approximate surface area is 342 Å². The zero-order chi connectivity index (χ0) is 41.2. The van der Waals surface area contributed by atoms with Crippen LogP contribution in [0.1, 0.15) is 65.3 Å². The van der Waals surface area contributed by atoms with Crippen LogP contribution in [0.25, 0.3) is 16.9 Å². The largest absolute Gasteiger partial charge is 0.454 e. The van der Waals surface area contributed by atoms with Crippen molar-refractivity contribution in [3.05, 3.63) is 94.7 Å². The fourth-order valence-corrected chi connectivity index (χ4v) is 9.56. The number of hydrogen-bond donors (Lipinski definition) is 2. The summed E-state index contributed by atoms with van der Waals surface area (Å²) in [4.78, 5) is 85.6. The molecule has 0 spiro atoms. The summed E-state index contributed by atoms with van der Waals surface area (Å²) in [6.45, 7) is 5.19. The number of anilines is 2. The Balaban J connectivity index is 0.752. The maximum absolute atomic E-state index is 15.4. The van der Waals surface area contributed by atoms with Gasteiger partial charge in [0.15, 0.2) is 23.0 Å². The number of nitrogens with zero attached hydrogens (tertiary/aromatic N) is 9. The molecule has 0 aliphatic carbocycles. The highest BCUT2D eigenvalue weighted by Gasteiger charge is 2.45. The van der Waals surface area contributed by atoms with Gasteiger partial charge in [-0.15, -0.1) is 0 Å². The molecule has 3 N–H and O–H groups in total. The topological polar surface area (TPSA) is 194 Å². The number of likely N-dealkylation sites (tertiary alicyclic amines) is 2. The van der Waals surface area contributed by atoms with Gasteiger partial charge in [-0.2, -0.15) is 0 Å². The number of ether oxygens (including phenoxy) is 1. The smallest absolute Gasteiger partial charge is 0.335 e. The van der Waals surface area contributed by atoms with Crippen LogP contribution in [-0.2, 0) is 9.59 Å². The molecule has 5 aromatic rings.